The summed E-state index contributed by atoms with van der Waals surface area (Å²) >= 11 is 0. The van der Waals surface area contributed by atoms with Gasteiger partial charge < -0.3 is 14.8 Å². The van der Waals surface area contributed by atoms with Gasteiger partial charge in [-0.15, -0.1) is 0 Å². The number of hydrogen-bond donors (Lipinski definition) is 1. The van der Waals surface area contributed by atoms with E-state index in [4.69, 9.17) is 9.47 Å². The zero-order chi connectivity index (χ0) is 19.5. The summed E-state index contributed by atoms with van der Waals surface area (Å²) < 4.78 is 11.0. The van der Waals surface area contributed by atoms with Crippen LogP contribution >= 0.6 is 0 Å². The molecule has 0 aliphatic carbocycles. The average molecular weight is 381 g/mol. The number of nitrogens with zero attached hydrogens (tertiary/aromatic N) is 2. The number of amides is 1. The van der Waals surface area contributed by atoms with E-state index >= 15 is 0 Å². The predicted octanol–water partition coefficient (Wildman–Crippen LogP) is 3.21. The average Bonchev–Trinajstić information content (AvgIpc) is 3.15. The van der Waals surface area contributed by atoms with Crippen molar-refractivity contribution < 1.29 is 14.3 Å². The Morgan fingerprint density at radius 3 is 2.68 bits per heavy atom. The van der Waals surface area contributed by atoms with Crippen LogP contribution in [0.25, 0.3) is 0 Å². The monoisotopic (exact) mass is 381 g/mol. The van der Waals surface area contributed by atoms with Gasteiger partial charge in [0, 0.05) is 19.7 Å². The molecule has 1 amide bonds. The number of benzene rings is 1. The number of pyridine rings is 1. The summed E-state index contributed by atoms with van der Waals surface area (Å²) in [6.45, 7) is 6.92. The van der Waals surface area contributed by atoms with Crippen molar-refractivity contribution >= 4 is 5.91 Å². The molecule has 6 nitrogen and oxygen atoms in total. The molecule has 3 heterocycles. The molecule has 2 aliphatic rings. The Kier molecular flexibility index (Phi) is 5.48. The third kappa shape index (κ3) is 4.12. The van der Waals surface area contributed by atoms with Gasteiger partial charge in [-0.3, -0.25) is 14.7 Å². The van der Waals surface area contributed by atoms with E-state index in [-0.39, 0.29) is 11.9 Å². The van der Waals surface area contributed by atoms with Crippen LogP contribution in [-0.4, -0.2) is 35.7 Å². The first-order chi connectivity index (χ1) is 13.6. The maximum Gasteiger partial charge on any atom is 0.231 e. The van der Waals surface area contributed by atoms with Crippen LogP contribution in [0.1, 0.15) is 42.6 Å². The largest absolute Gasteiger partial charge is 0.454 e. The molecule has 0 bridgehead atoms. The standard InChI is InChI=1S/C22H27N3O3/c1-15-11-20-21(28-14-27-20)12-18(15)13-25-9-6-17(7-10-25)22(24-16(2)26)19-5-3-4-8-23-19/h3-5,8,11-12,17,22H,6-7,9-10,13-14H2,1-2H3,(H,24,26)/t22-/m0/s1. The van der Waals surface area contributed by atoms with Gasteiger partial charge in [0.2, 0.25) is 12.7 Å². The van der Waals surface area contributed by atoms with Gasteiger partial charge in [-0.2, -0.15) is 0 Å². The fourth-order valence-electron chi connectivity index (χ4n) is 4.15. The second-order valence-corrected chi connectivity index (χ2v) is 7.68. The van der Waals surface area contributed by atoms with Gasteiger partial charge in [-0.05, 0) is 74.2 Å². The Balaban J connectivity index is 1.40. The van der Waals surface area contributed by atoms with Crippen LogP contribution in [-0.2, 0) is 11.3 Å². The maximum absolute atomic E-state index is 11.7. The lowest BCUT2D eigenvalue weighted by Crippen LogP contribution is -2.40. The summed E-state index contributed by atoms with van der Waals surface area (Å²) in [4.78, 5) is 18.7. The third-order valence-corrected chi connectivity index (χ3v) is 5.69. The molecule has 1 atom stereocenters. The van der Waals surface area contributed by atoms with E-state index in [2.05, 4.69) is 34.3 Å². The molecule has 148 valence electrons. The van der Waals surface area contributed by atoms with Gasteiger partial charge in [0.05, 0.1) is 11.7 Å². The van der Waals surface area contributed by atoms with E-state index < -0.39 is 0 Å². The second-order valence-electron chi connectivity index (χ2n) is 7.68. The lowest BCUT2D eigenvalue weighted by molar-refractivity contribution is -0.120. The van der Waals surface area contributed by atoms with Crippen LogP contribution < -0.4 is 14.8 Å². The molecule has 0 radical (unpaired) electrons. The zero-order valence-corrected chi connectivity index (χ0v) is 16.5. The predicted molar refractivity (Wildman–Crippen MR) is 106 cm³/mol. The van der Waals surface area contributed by atoms with Crippen molar-refractivity contribution in [2.24, 2.45) is 5.92 Å². The van der Waals surface area contributed by atoms with E-state index in [9.17, 15) is 4.79 Å². The summed E-state index contributed by atoms with van der Waals surface area (Å²) in [7, 11) is 0. The van der Waals surface area contributed by atoms with Gasteiger partial charge in [0.25, 0.3) is 0 Å². The molecule has 0 spiro atoms. The summed E-state index contributed by atoms with van der Waals surface area (Å²) in [6.07, 6.45) is 3.86. The normalized spacial score (nSPS) is 18.1. The fraction of sp³-hybridized carbons (Fsp3) is 0.455. The number of fused-ring (bicyclic) bond motifs is 1. The SMILES string of the molecule is CC(=O)N[C@H](c1ccccn1)C1CCN(Cc2cc3c(cc2C)OCO3)CC1. The molecule has 1 fully saturated rings. The van der Waals surface area contributed by atoms with Crippen molar-refractivity contribution in [3.63, 3.8) is 0 Å². The second kappa shape index (κ2) is 8.19. The number of carbonyl (C=O) groups excluding carboxylic acids is 1. The number of aryl methyl sites for hydroxylation is 1. The molecule has 2 aliphatic heterocycles. The van der Waals surface area contributed by atoms with Gasteiger partial charge in [-0.1, -0.05) is 6.07 Å². The lowest BCUT2D eigenvalue weighted by atomic mass is 9.87. The first kappa shape index (κ1) is 18.7. The first-order valence-electron chi connectivity index (χ1n) is 9.89. The Morgan fingerprint density at radius 1 is 1.25 bits per heavy atom. The summed E-state index contributed by atoms with van der Waals surface area (Å²) in [6, 6.07) is 10.0. The van der Waals surface area contributed by atoms with Crippen LogP contribution in [0, 0.1) is 12.8 Å². The van der Waals surface area contributed by atoms with Gasteiger partial charge >= 0.3 is 0 Å². The Morgan fingerprint density at radius 2 is 2.00 bits per heavy atom. The first-order valence-corrected chi connectivity index (χ1v) is 9.89. The topological polar surface area (TPSA) is 63.7 Å². The Hall–Kier alpha value is -2.60. The number of aromatic nitrogens is 1. The highest BCUT2D eigenvalue weighted by atomic mass is 16.7. The van der Waals surface area contributed by atoms with Crippen molar-refractivity contribution in [2.75, 3.05) is 19.9 Å². The summed E-state index contributed by atoms with van der Waals surface area (Å²) in [5, 5.41) is 3.12. The Bertz CT molecular complexity index is 832. The van der Waals surface area contributed by atoms with E-state index in [1.54, 1.807) is 13.1 Å². The Labute approximate surface area is 165 Å². The quantitative estimate of drug-likeness (QED) is 0.862. The van der Waals surface area contributed by atoms with Gasteiger partial charge in [0.1, 0.15) is 0 Å². The highest BCUT2D eigenvalue weighted by Crippen LogP contribution is 2.36. The molecule has 0 unspecified atom stereocenters. The minimum atomic E-state index is -0.0203. The lowest BCUT2D eigenvalue weighted by Gasteiger charge is -2.36. The number of carbonyl (C=O) groups is 1. The number of likely N-dealkylation sites (tertiary alicyclic amines) is 1. The molecule has 1 aromatic heterocycles. The van der Waals surface area contributed by atoms with Crippen LogP contribution in [0.2, 0.25) is 0 Å². The third-order valence-electron chi connectivity index (χ3n) is 5.69. The maximum atomic E-state index is 11.7. The van der Waals surface area contributed by atoms with Crippen LogP contribution in [0.3, 0.4) is 0 Å². The molecule has 28 heavy (non-hydrogen) atoms. The zero-order valence-electron chi connectivity index (χ0n) is 16.5. The minimum absolute atomic E-state index is 0.00549. The molecule has 2 aromatic rings. The van der Waals surface area contributed by atoms with Gasteiger partial charge in [-0.25, -0.2) is 0 Å². The highest BCUT2D eigenvalue weighted by molar-refractivity contribution is 5.73. The van der Waals surface area contributed by atoms with Crippen molar-refractivity contribution in [1.29, 1.82) is 0 Å². The van der Waals surface area contributed by atoms with Crippen LogP contribution in [0.5, 0.6) is 11.5 Å². The van der Waals surface area contributed by atoms with Crippen molar-refractivity contribution in [1.82, 2.24) is 15.2 Å². The van der Waals surface area contributed by atoms with Crippen molar-refractivity contribution in [3.05, 3.63) is 53.3 Å². The van der Waals surface area contributed by atoms with Crippen molar-refractivity contribution in [3.8, 4) is 11.5 Å². The summed E-state index contributed by atoms with van der Waals surface area (Å²) in [5.74, 6) is 2.08. The van der Waals surface area contributed by atoms with E-state index in [0.29, 0.717) is 12.7 Å². The van der Waals surface area contributed by atoms with E-state index in [0.717, 1.165) is 49.7 Å². The molecular formula is C22H27N3O3. The number of hydrogen-bond acceptors (Lipinski definition) is 5. The number of piperidine rings is 1. The molecule has 1 saturated heterocycles. The molecule has 6 heteroatoms. The van der Waals surface area contributed by atoms with Crippen LogP contribution in [0.15, 0.2) is 36.5 Å². The van der Waals surface area contributed by atoms with Gasteiger partial charge in [0.15, 0.2) is 11.5 Å². The minimum Gasteiger partial charge on any atom is -0.454 e. The molecule has 1 N–H and O–H groups in total. The number of rotatable bonds is 5. The smallest absolute Gasteiger partial charge is 0.231 e. The van der Waals surface area contributed by atoms with Crippen LogP contribution in [0.4, 0.5) is 0 Å². The number of nitrogens with one attached hydrogen (secondary N) is 1. The molecule has 1 aromatic carbocycles. The van der Waals surface area contributed by atoms with E-state index in [1.165, 1.54) is 11.1 Å². The van der Waals surface area contributed by atoms with E-state index in [1.807, 2.05) is 18.2 Å². The fourth-order valence-corrected chi connectivity index (χ4v) is 4.15. The molecular weight excluding hydrogens is 354 g/mol. The summed E-state index contributed by atoms with van der Waals surface area (Å²) in [5.41, 5.74) is 3.46. The highest BCUT2D eigenvalue weighted by Gasteiger charge is 2.29. The molecule has 0 saturated carbocycles. The molecule has 4 rings (SSSR count). The van der Waals surface area contributed by atoms with Crippen molar-refractivity contribution in [2.45, 2.75) is 39.3 Å². The number of ether oxygens (including phenoxy) is 2.